The van der Waals surface area contributed by atoms with Gasteiger partial charge in [-0.2, -0.15) is 48.5 Å². The van der Waals surface area contributed by atoms with Gasteiger partial charge in [-0.1, -0.05) is 52.6 Å². The zero-order valence-corrected chi connectivity index (χ0v) is 24.6. The summed E-state index contributed by atoms with van der Waals surface area (Å²) < 4.78 is 20.0. The first kappa shape index (κ1) is 25.2. The summed E-state index contributed by atoms with van der Waals surface area (Å²) in [6.07, 6.45) is 0. The molecule has 6 aromatic carbocycles. The van der Waals surface area contributed by atoms with Gasteiger partial charge >= 0.3 is 0 Å². The van der Waals surface area contributed by atoms with Crippen molar-refractivity contribution < 1.29 is 35.0 Å². The van der Waals surface area contributed by atoms with E-state index in [0.29, 0.717) is 0 Å². The van der Waals surface area contributed by atoms with Gasteiger partial charge in [0.1, 0.15) is 11.4 Å². The smallest absolute Gasteiger partial charge is 0.155 e. The Labute approximate surface area is 250 Å². The molecule has 0 fully saturated rings. The Morgan fingerprint density at radius 2 is 1.22 bits per heavy atom. The van der Waals surface area contributed by atoms with Gasteiger partial charge in [-0.25, -0.2) is 0 Å². The van der Waals surface area contributed by atoms with Crippen molar-refractivity contribution in [2.24, 2.45) is 0 Å². The van der Waals surface area contributed by atoms with Crippen LogP contribution in [0.2, 0.25) is 0 Å². The summed E-state index contributed by atoms with van der Waals surface area (Å²) in [7, 11) is 0. The zero-order chi connectivity index (χ0) is 26.5. The summed E-state index contributed by atoms with van der Waals surface area (Å²) in [5.41, 5.74) is 5.04. The maximum absolute atomic E-state index is 6.08. The molecular weight excluding hydrogens is 678 g/mol. The van der Waals surface area contributed by atoms with Crippen LogP contribution in [0.15, 0.2) is 126 Å². The molecule has 5 heteroatoms. The second kappa shape index (κ2) is 10.3. The second-order valence-corrected chi connectivity index (χ2v) is 9.46. The monoisotopic (exact) mass is 698 g/mol. The first-order valence-electron chi connectivity index (χ1n) is 13.0. The van der Waals surface area contributed by atoms with Gasteiger partial charge in [0.25, 0.3) is 0 Å². The molecule has 2 aliphatic heterocycles. The Hall–Kier alpha value is -4.79. The fraction of sp³-hybridized carbons (Fsp3) is 0. The molecule has 0 N–H and O–H groups in total. The third-order valence-electron chi connectivity index (χ3n) is 7.09. The van der Waals surface area contributed by atoms with Crippen LogP contribution in [0, 0.1) is 18.2 Å². The van der Waals surface area contributed by atoms with Crippen molar-refractivity contribution >= 4 is 43.7 Å². The van der Waals surface area contributed by atoms with Crippen LogP contribution in [0.3, 0.4) is 0 Å². The first-order chi connectivity index (χ1) is 19.9. The first-order valence-corrected chi connectivity index (χ1v) is 13.0. The molecular formula is C36H20NO3W-3. The predicted octanol–water partition coefficient (Wildman–Crippen LogP) is 9.67. The van der Waals surface area contributed by atoms with Crippen molar-refractivity contribution in [3.63, 3.8) is 0 Å². The van der Waals surface area contributed by atoms with E-state index >= 15 is 0 Å². The summed E-state index contributed by atoms with van der Waals surface area (Å²) >= 11 is 0. The van der Waals surface area contributed by atoms with E-state index in [0.717, 1.165) is 67.0 Å². The van der Waals surface area contributed by atoms with Crippen LogP contribution in [0.5, 0.6) is 23.0 Å². The standard InChI is InChI=1S/C18H8NO2.C12H7O.C6H5.W/c1-4-10-11-5-2-7-13-17(11)19-16(10)12(6-1)20-14-8-3-9-15(21-13)18(14)19;1-3-7-11-9(5-1)10-6-2-4-8-12(10)13-11;1-2-4-6-5-3-1;/h1,3-9H;1-5,7-8H;1-5H;/q3*-1;. The van der Waals surface area contributed by atoms with Crippen molar-refractivity contribution in [1.82, 2.24) is 4.57 Å². The molecule has 0 saturated carbocycles. The fourth-order valence-corrected chi connectivity index (χ4v) is 5.44. The average Bonchev–Trinajstić information content (AvgIpc) is 3.57. The third kappa shape index (κ3) is 4.11. The number of furan rings is 1. The van der Waals surface area contributed by atoms with Crippen LogP contribution in [0.1, 0.15) is 0 Å². The Balaban J connectivity index is 0.000000118. The molecule has 0 atom stereocenters. The molecule has 10 rings (SSSR count). The number of nitrogens with zero attached hydrogens (tertiary/aromatic N) is 1. The normalized spacial score (nSPS) is 11.6. The molecule has 8 aromatic rings. The Bertz CT molecular complexity index is 2020. The van der Waals surface area contributed by atoms with E-state index in [4.69, 9.17) is 13.9 Å². The quantitative estimate of drug-likeness (QED) is 0.148. The van der Waals surface area contributed by atoms with Gasteiger partial charge in [0, 0.05) is 32.4 Å². The molecule has 41 heavy (non-hydrogen) atoms. The van der Waals surface area contributed by atoms with Crippen LogP contribution in [-0.4, -0.2) is 4.57 Å². The number of ether oxygens (including phenoxy) is 2. The number of hydrogen-bond acceptors (Lipinski definition) is 3. The number of rotatable bonds is 0. The fourth-order valence-electron chi connectivity index (χ4n) is 5.44. The van der Waals surface area contributed by atoms with E-state index in [-0.39, 0.29) is 21.1 Å². The van der Waals surface area contributed by atoms with Crippen molar-refractivity contribution in [1.29, 1.82) is 0 Å². The van der Waals surface area contributed by atoms with Crippen LogP contribution in [-0.2, 0) is 21.1 Å². The van der Waals surface area contributed by atoms with E-state index in [1.807, 2.05) is 109 Å². The van der Waals surface area contributed by atoms with Crippen molar-refractivity contribution in [3.05, 3.63) is 140 Å². The summed E-state index contributed by atoms with van der Waals surface area (Å²) in [5, 5.41) is 4.53. The van der Waals surface area contributed by atoms with Gasteiger partial charge in [0.15, 0.2) is 11.5 Å². The molecule has 0 radical (unpaired) electrons. The Morgan fingerprint density at radius 1 is 0.512 bits per heavy atom. The van der Waals surface area contributed by atoms with Crippen LogP contribution < -0.4 is 9.47 Å². The van der Waals surface area contributed by atoms with Crippen molar-refractivity contribution in [3.8, 4) is 28.7 Å². The van der Waals surface area contributed by atoms with Crippen LogP contribution >= 0.6 is 0 Å². The van der Waals surface area contributed by atoms with Gasteiger partial charge in [0.2, 0.25) is 0 Å². The van der Waals surface area contributed by atoms with E-state index in [9.17, 15) is 0 Å². The summed E-state index contributed by atoms with van der Waals surface area (Å²) in [4.78, 5) is 0. The van der Waals surface area contributed by atoms with Crippen molar-refractivity contribution in [2.45, 2.75) is 0 Å². The molecule has 196 valence electrons. The molecule has 4 heterocycles. The summed E-state index contributed by atoms with van der Waals surface area (Å²) in [5.74, 6) is 3.40. The van der Waals surface area contributed by atoms with Gasteiger partial charge in [-0.05, 0) is 35.2 Å². The molecule has 2 aliphatic rings. The van der Waals surface area contributed by atoms with E-state index in [1.54, 1.807) is 0 Å². The zero-order valence-electron chi connectivity index (χ0n) is 21.6. The predicted molar refractivity (Wildman–Crippen MR) is 158 cm³/mol. The number of fused-ring (bicyclic) bond motifs is 4. The molecule has 0 amide bonds. The number of benzene rings is 6. The average molecular weight is 698 g/mol. The molecule has 0 aliphatic carbocycles. The van der Waals surface area contributed by atoms with Gasteiger partial charge in [-0.15, -0.1) is 30.3 Å². The minimum absolute atomic E-state index is 0. The van der Waals surface area contributed by atoms with E-state index in [1.165, 1.54) is 5.39 Å². The second-order valence-electron chi connectivity index (χ2n) is 9.46. The summed E-state index contributed by atoms with van der Waals surface area (Å²) in [6.45, 7) is 0. The van der Waals surface area contributed by atoms with E-state index < -0.39 is 0 Å². The minimum atomic E-state index is 0. The topological polar surface area (TPSA) is 36.5 Å². The maximum Gasteiger partial charge on any atom is 0.155 e. The minimum Gasteiger partial charge on any atom is -0.512 e. The van der Waals surface area contributed by atoms with Crippen LogP contribution in [0.25, 0.3) is 49.4 Å². The molecule has 2 aromatic heterocycles. The molecule has 4 nitrogen and oxygen atoms in total. The Kier molecular flexibility index (Phi) is 6.34. The molecule has 0 spiro atoms. The third-order valence-corrected chi connectivity index (χ3v) is 7.09. The van der Waals surface area contributed by atoms with Gasteiger partial charge in [-0.3, -0.25) is 0 Å². The molecule has 0 bridgehead atoms. The Morgan fingerprint density at radius 3 is 2.02 bits per heavy atom. The van der Waals surface area contributed by atoms with Gasteiger partial charge in [0.05, 0.1) is 11.1 Å². The van der Waals surface area contributed by atoms with Crippen molar-refractivity contribution in [2.75, 3.05) is 0 Å². The van der Waals surface area contributed by atoms with E-state index in [2.05, 4.69) is 34.9 Å². The molecule has 0 saturated heterocycles. The van der Waals surface area contributed by atoms with Gasteiger partial charge < -0.3 is 18.5 Å². The molecule has 0 unspecified atom stereocenters. The number of aromatic nitrogens is 1. The SMILES string of the molecule is [W].[c-]1cc2c3c(c1)c1cccc4c1n3-c1c(cccc1O4)O2.[c-]1cccc2oc3ccccc3c12.[c-]1ccccc1. The van der Waals surface area contributed by atoms with Crippen LogP contribution in [0.4, 0.5) is 0 Å². The summed E-state index contributed by atoms with van der Waals surface area (Å²) in [6, 6.07) is 48.7. The maximum atomic E-state index is 6.08. The number of para-hydroxylation sites is 3. The largest absolute Gasteiger partial charge is 0.512 e. The number of hydrogen-bond donors (Lipinski definition) is 0.